The number of carbonyl (C=O) groups is 1. The van der Waals surface area contributed by atoms with Gasteiger partial charge in [-0.15, -0.1) is 0 Å². The second kappa shape index (κ2) is 5.92. The maximum absolute atomic E-state index is 13.4. The van der Waals surface area contributed by atoms with Gasteiger partial charge in [0.2, 0.25) is 0 Å². The molecule has 0 aliphatic carbocycles. The highest BCUT2D eigenvalue weighted by atomic mass is 19.2. The summed E-state index contributed by atoms with van der Waals surface area (Å²) < 4.78 is 26.5. The lowest BCUT2D eigenvalue weighted by Crippen LogP contribution is -2.31. The molecule has 1 fully saturated rings. The minimum absolute atomic E-state index is 0.0676. The maximum Gasteiger partial charge on any atom is 0.256 e. The molecule has 1 aliphatic heterocycles. The number of pyridine rings is 1. The molecule has 0 spiro atoms. The zero-order valence-corrected chi connectivity index (χ0v) is 12.0. The number of likely N-dealkylation sites (tertiary alicyclic amines) is 1. The molecule has 2 heterocycles. The molecule has 0 radical (unpaired) electrons. The fourth-order valence-corrected chi connectivity index (χ4v) is 2.78. The number of aromatic hydroxyl groups is 1. The summed E-state index contributed by atoms with van der Waals surface area (Å²) in [7, 11) is 0. The van der Waals surface area contributed by atoms with E-state index < -0.39 is 29.7 Å². The van der Waals surface area contributed by atoms with E-state index in [1.54, 1.807) is 0 Å². The molecule has 0 unspecified atom stereocenters. The highest BCUT2D eigenvalue weighted by Gasteiger charge is 2.36. The van der Waals surface area contributed by atoms with Gasteiger partial charge in [0.1, 0.15) is 5.75 Å². The Morgan fingerprint density at radius 3 is 2.70 bits per heavy atom. The zero-order chi connectivity index (χ0) is 16.6. The summed E-state index contributed by atoms with van der Waals surface area (Å²) >= 11 is 0. The number of benzene rings is 1. The summed E-state index contributed by atoms with van der Waals surface area (Å²) in [5.74, 6) is -2.57. The van der Waals surface area contributed by atoms with E-state index in [2.05, 4.69) is 4.98 Å². The van der Waals surface area contributed by atoms with Crippen LogP contribution in [0.1, 0.15) is 28.4 Å². The number of aromatic nitrogens is 1. The normalized spacial score (nSPS) is 20.7. The molecule has 5 nitrogen and oxygen atoms in total. The van der Waals surface area contributed by atoms with Gasteiger partial charge in [-0.3, -0.25) is 9.78 Å². The first-order valence-electron chi connectivity index (χ1n) is 7.03. The molecular formula is C16H14F2N2O3. The van der Waals surface area contributed by atoms with E-state index >= 15 is 0 Å². The number of hydrogen-bond donors (Lipinski definition) is 2. The van der Waals surface area contributed by atoms with Crippen LogP contribution in [0.15, 0.2) is 36.7 Å². The standard InChI is InChI=1S/C16H14F2N2O3/c17-13-2-1-9(4-14(13)18)15-5-12(22)8-20(15)16(23)10-3-11(21)7-19-6-10/h1-4,6-7,12,15,21-22H,5,8H2/t12-,15+/m0/s1. The molecule has 1 aromatic heterocycles. The van der Waals surface area contributed by atoms with E-state index in [1.165, 1.54) is 29.4 Å². The molecular weight excluding hydrogens is 306 g/mol. The molecule has 2 atom stereocenters. The van der Waals surface area contributed by atoms with Crippen LogP contribution in [0, 0.1) is 11.6 Å². The Morgan fingerprint density at radius 2 is 2.00 bits per heavy atom. The first kappa shape index (κ1) is 15.4. The predicted octanol–water partition coefficient (Wildman–Crippen LogP) is 2.01. The molecule has 1 aromatic carbocycles. The third-order valence-electron chi connectivity index (χ3n) is 3.84. The van der Waals surface area contributed by atoms with E-state index in [9.17, 15) is 23.8 Å². The predicted molar refractivity (Wildman–Crippen MR) is 76.7 cm³/mol. The van der Waals surface area contributed by atoms with Crippen molar-refractivity contribution in [1.29, 1.82) is 0 Å². The number of aliphatic hydroxyl groups is 1. The molecule has 2 aromatic rings. The fourth-order valence-electron chi connectivity index (χ4n) is 2.78. The largest absolute Gasteiger partial charge is 0.506 e. The summed E-state index contributed by atoms with van der Waals surface area (Å²) in [6.07, 6.45) is 1.96. The third-order valence-corrected chi connectivity index (χ3v) is 3.84. The number of β-amino-alcohol motifs (C(OH)–C–C–N with tert-alkyl or cyclic N) is 1. The Hall–Kier alpha value is -2.54. The van der Waals surface area contributed by atoms with Crippen LogP contribution in [0.4, 0.5) is 8.78 Å². The van der Waals surface area contributed by atoms with Crippen LogP contribution in [0.5, 0.6) is 5.75 Å². The molecule has 0 bridgehead atoms. The van der Waals surface area contributed by atoms with E-state index in [1.807, 2.05) is 0 Å². The second-order valence-corrected chi connectivity index (χ2v) is 5.47. The van der Waals surface area contributed by atoms with Crippen molar-refractivity contribution < 1.29 is 23.8 Å². The van der Waals surface area contributed by atoms with Crippen molar-refractivity contribution in [2.45, 2.75) is 18.6 Å². The van der Waals surface area contributed by atoms with Crippen LogP contribution in [0.2, 0.25) is 0 Å². The Morgan fingerprint density at radius 1 is 1.22 bits per heavy atom. The van der Waals surface area contributed by atoms with Gasteiger partial charge in [-0.1, -0.05) is 6.07 Å². The van der Waals surface area contributed by atoms with Gasteiger partial charge in [0.15, 0.2) is 11.6 Å². The summed E-state index contributed by atoms with van der Waals surface area (Å²) in [6, 6.07) is 4.10. The van der Waals surface area contributed by atoms with Crippen molar-refractivity contribution in [3.63, 3.8) is 0 Å². The lowest BCUT2D eigenvalue weighted by molar-refractivity contribution is 0.0714. The van der Waals surface area contributed by atoms with Crippen molar-refractivity contribution in [3.8, 4) is 5.75 Å². The Kier molecular flexibility index (Phi) is 3.96. The van der Waals surface area contributed by atoms with Crippen molar-refractivity contribution in [1.82, 2.24) is 9.88 Å². The Labute approximate surface area is 130 Å². The number of carbonyl (C=O) groups excluding carboxylic acids is 1. The minimum Gasteiger partial charge on any atom is -0.506 e. The quantitative estimate of drug-likeness (QED) is 0.888. The van der Waals surface area contributed by atoms with Gasteiger partial charge in [0.25, 0.3) is 5.91 Å². The highest BCUT2D eigenvalue weighted by Crippen LogP contribution is 2.34. The van der Waals surface area contributed by atoms with Gasteiger partial charge >= 0.3 is 0 Å². The van der Waals surface area contributed by atoms with Gasteiger partial charge in [-0.05, 0) is 30.2 Å². The molecule has 7 heteroatoms. The van der Waals surface area contributed by atoms with Gasteiger partial charge in [0.05, 0.1) is 23.9 Å². The van der Waals surface area contributed by atoms with Crippen molar-refractivity contribution in [2.75, 3.05) is 6.54 Å². The van der Waals surface area contributed by atoms with Crippen molar-refractivity contribution in [2.24, 2.45) is 0 Å². The number of amides is 1. The van der Waals surface area contributed by atoms with Crippen LogP contribution in [0.3, 0.4) is 0 Å². The fraction of sp³-hybridized carbons (Fsp3) is 0.250. The van der Waals surface area contributed by atoms with Crippen molar-refractivity contribution in [3.05, 3.63) is 59.4 Å². The van der Waals surface area contributed by atoms with Crippen molar-refractivity contribution >= 4 is 5.91 Å². The summed E-state index contributed by atoms with van der Waals surface area (Å²) in [5, 5.41) is 19.3. The SMILES string of the molecule is O=C(c1cncc(O)c1)N1C[C@@H](O)C[C@@H]1c1ccc(F)c(F)c1. The number of aliphatic hydroxyl groups excluding tert-OH is 1. The molecule has 120 valence electrons. The lowest BCUT2D eigenvalue weighted by atomic mass is 10.0. The summed E-state index contributed by atoms with van der Waals surface area (Å²) in [4.78, 5) is 17.7. The van der Waals surface area contributed by atoms with E-state index in [-0.39, 0.29) is 24.3 Å². The summed E-state index contributed by atoms with van der Waals surface area (Å²) in [6.45, 7) is 0.0676. The zero-order valence-electron chi connectivity index (χ0n) is 12.0. The molecule has 0 saturated carbocycles. The van der Waals surface area contributed by atoms with Gasteiger partial charge < -0.3 is 15.1 Å². The molecule has 3 rings (SSSR count). The third kappa shape index (κ3) is 3.00. The van der Waals surface area contributed by atoms with Crippen LogP contribution < -0.4 is 0 Å². The average Bonchev–Trinajstić information content (AvgIpc) is 2.91. The van der Waals surface area contributed by atoms with Crippen LogP contribution in [-0.2, 0) is 0 Å². The van der Waals surface area contributed by atoms with Crippen LogP contribution in [-0.4, -0.2) is 38.7 Å². The smallest absolute Gasteiger partial charge is 0.256 e. The lowest BCUT2D eigenvalue weighted by Gasteiger charge is -2.25. The first-order chi connectivity index (χ1) is 11.0. The van der Waals surface area contributed by atoms with Crippen LogP contribution >= 0.6 is 0 Å². The molecule has 1 aliphatic rings. The van der Waals surface area contributed by atoms with E-state index in [4.69, 9.17) is 0 Å². The number of nitrogens with zero attached hydrogens (tertiary/aromatic N) is 2. The number of hydrogen-bond acceptors (Lipinski definition) is 4. The van der Waals surface area contributed by atoms with E-state index in [0.717, 1.165) is 12.1 Å². The Balaban J connectivity index is 1.93. The van der Waals surface area contributed by atoms with E-state index in [0.29, 0.717) is 5.56 Å². The second-order valence-electron chi connectivity index (χ2n) is 5.47. The molecule has 2 N–H and O–H groups in total. The maximum atomic E-state index is 13.4. The van der Waals surface area contributed by atoms with Gasteiger partial charge in [0, 0.05) is 12.7 Å². The molecule has 23 heavy (non-hydrogen) atoms. The monoisotopic (exact) mass is 320 g/mol. The molecule has 1 amide bonds. The number of halogens is 2. The summed E-state index contributed by atoms with van der Waals surface area (Å²) in [5.41, 5.74) is 0.564. The minimum atomic E-state index is -1.00. The number of rotatable bonds is 2. The van der Waals surface area contributed by atoms with Gasteiger partial charge in [-0.25, -0.2) is 8.78 Å². The first-order valence-corrected chi connectivity index (χ1v) is 7.03. The van der Waals surface area contributed by atoms with Crippen LogP contribution in [0.25, 0.3) is 0 Å². The Bertz CT molecular complexity index is 754. The highest BCUT2D eigenvalue weighted by molar-refractivity contribution is 5.94. The average molecular weight is 320 g/mol. The topological polar surface area (TPSA) is 73.7 Å². The molecule has 1 saturated heterocycles. The van der Waals surface area contributed by atoms with Gasteiger partial charge in [-0.2, -0.15) is 0 Å².